The van der Waals surface area contributed by atoms with Crippen LogP contribution in [0.15, 0.2) is 194 Å². The SMILES string of the molecule is CC1(C)c2cccc(P(c3ccccc3)c3ccccc3)c2Oc2c(P(c3ccccc3)c3ccccc3)cccc21.O=C1COCC(CF)(c2cccc(NC(=O)c3ccc(Cl)cn3)n2)N1. The number of anilines is 1. The molecule has 2 aromatic heterocycles. The maximum Gasteiger partial charge on any atom is 0.275 e. The average Bonchev–Trinajstić information content (AvgIpc) is 3.36. The molecule has 0 spiro atoms. The van der Waals surface area contributed by atoms with Gasteiger partial charge in [0, 0.05) is 33.3 Å². The van der Waals surface area contributed by atoms with E-state index in [-0.39, 0.29) is 35.8 Å². The van der Waals surface area contributed by atoms with Crippen LogP contribution in [-0.2, 0) is 20.5 Å². The van der Waals surface area contributed by atoms with Crippen molar-refractivity contribution in [3.05, 3.63) is 222 Å². The Balaban J connectivity index is 0.000000192. The molecule has 10 rings (SSSR count). The second-order valence-corrected chi connectivity index (χ2v) is 21.3. The molecule has 1 fully saturated rings. The standard InChI is InChI=1S/C39H32OP2.C16H14ClFN4O3/c1-39(2)33-25-15-27-35(41(29-17-7-3-8-18-29)30-19-9-4-10-20-30)37(33)40-38-34(39)26-16-28-36(38)42(31-21-11-5-12-22-31)32-23-13-6-14-24-32;17-10-4-5-11(19-6-10)15(24)21-13-3-1-2-12(20-13)16(8-18)9-25-7-14(23)22-16/h3-28H,1-2H3;1-6H,7-9H2,(H,22,23)(H,20,21,24). The van der Waals surface area contributed by atoms with Gasteiger partial charge in [-0.05, 0) is 61.3 Å². The number of alkyl halides is 1. The second-order valence-electron chi connectivity index (χ2n) is 16.5. The Bertz CT molecular complexity index is 2790. The lowest BCUT2D eigenvalue weighted by Crippen LogP contribution is -2.56. The lowest BCUT2D eigenvalue weighted by atomic mass is 9.76. The van der Waals surface area contributed by atoms with Gasteiger partial charge in [-0.25, -0.2) is 14.4 Å². The highest BCUT2D eigenvalue weighted by molar-refractivity contribution is 7.80. The Kier molecular flexibility index (Phi) is 13.7. The highest BCUT2D eigenvalue weighted by Crippen LogP contribution is 2.52. The minimum atomic E-state index is -1.37. The quantitative estimate of drug-likeness (QED) is 0.133. The molecule has 2 aliphatic heterocycles. The highest BCUT2D eigenvalue weighted by atomic mass is 35.5. The summed E-state index contributed by atoms with van der Waals surface area (Å²) >= 11 is 5.74. The Morgan fingerprint density at radius 2 is 1.16 bits per heavy atom. The first-order valence-electron chi connectivity index (χ1n) is 21.8. The lowest BCUT2D eigenvalue weighted by molar-refractivity contribution is -0.136. The van der Waals surface area contributed by atoms with Crippen LogP contribution in [0.3, 0.4) is 0 Å². The second kappa shape index (κ2) is 20.1. The van der Waals surface area contributed by atoms with Gasteiger partial charge in [0.25, 0.3) is 5.91 Å². The summed E-state index contributed by atoms with van der Waals surface area (Å²) in [5.41, 5.74) is 1.31. The number of pyridine rings is 2. The van der Waals surface area contributed by atoms with Crippen molar-refractivity contribution < 1.29 is 23.5 Å². The number of aromatic nitrogens is 2. The molecule has 67 heavy (non-hydrogen) atoms. The summed E-state index contributed by atoms with van der Waals surface area (Å²) < 4.78 is 26.0. The number of benzene rings is 6. The number of hydrogen-bond acceptors (Lipinski definition) is 6. The molecule has 12 heteroatoms. The van der Waals surface area contributed by atoms with Gasteiger partial charge in [0.15, 0.2) is 0 Å². The third-order valence-corrected chi connectivity index (χ3v) is 16.9. The fourth-order valence-electron chi connectivity index (χ4n) is 8.41. The van der Waals surface area contributed by atoms with Gasteiger partial charge in [0.2, 0.25) is 5.91 Å². The van der Waals surface area contributed by atoms with Crippen LogP contribution in [-0.4, -0.2) is 41.7 Å². The lowest BCUT2D eigenvalue weighted by Gasteiger charge is -2.38. The van der Waals surface area contributed by atoms with Gasteiger partial charge in [-0.2, -0.15) is 0 Å². The van der Waals surface area contributed by atoms with Crippen molar-refractivity contribution in [2.75, 3.05) is 25.2 Å². The van der Waals surface area contributed by atoms with E-state index < -0.39 is 39.9 Å². The van der Waals surface area contributed by atoms with Crippen LogP contribution < -0.4 is 47.2 Å². The molecule has 1 atom stereocenters. The van der Waals surface area contributed by atoms with Gasteiger partial charge in [-0.15, -0.1) is 0 Å². The summed E-state index contributed by atoms with van der Waals surface area (Å²) in [7, 11) is -1.65. The maximum absolute atomic E-state index is 13.6. The number of carbonyl (C=O) groups is 2. The van der Waals surface area contributed by atoms with Crippen LogP contribution in [0.4, 0.5) is 10.2 Å². The molecule has 0 saturated carbocycles. The molecule has 1 saturated heterocycles. The van der Waals surface area contributed by atoms with Crippen LogP contribution in [0.1, 0.15) is 41.2 Å². The fourth-order valence-corrected chi connectivity index (χ4v) is 13.3. The monoisotopic (exact) mass is 942 g/mol. The predicted octanol–water partition coefficient (Wildman–Crippen LogP) is 9.33. The van der Waals surface area contributed by atoms with E-state index in [1.165, 1.54) is 55.2 Å². The van der Waals surface area contributed by atoms with Gasteiger partial charge < -0.3 is 20.1 Å². The van der Waals surface area contributed by atoms with Crippen molar-refractivity contribution >= 4 is 76.9 Å². The van der Waals surface area contributed by atoms with Gasteiger partial charge >= 0.3 is 0 Å². The van der Waals surface area contributed by atoms with Crippen molar-refractivity contribution in [1.29, 1.82) is 0 Å². The molecule has 2 N–H and O–H groups in total. The van der Waals surface area contributed by atoms with E-state index in [4.69, 9.17) is 21.1 Å². The molecular formula is C55H46ClFN4O4P2. The first-order chi connectivity index (χ1) is 32.6. The van der Waals surface area contributed by atoms with E-state index in [1.807, 2.05) is 0 Å². The van der Waals surface area contributed by atoms with Gasteiger partial charge in [0.1, 0.15) is 41.8 Å². The van der Waals surface area contributed by atoms with Crippen molar-refractivity contribution in [1.82, 2.24) is 15.3 Å². The molecular weight excluding hydrogens is 897 g/mol. The van der Waals surface area contributed by atoms with E-state index in [1.54, 1.807) is 24.3 Å². The number of nitrogens with one attached hydrogen (secondary N) is 2. The zero-order valence-electron chi connectivity index (χ0n) is 36.8. The number of para-hydroxylation sites is 2. The number of ether oxygens (including phenoxy) is 2. The third-order valence-electron chi connectivity index (χ3n) is 11.7. The molecule has 334 valence electrons. The van der Waals surface area contributed by atoms with Gasteiger partial charge in [-0.3, -0.25) is 9.59 Å². The number of nitrogens with zero attached hydrogens (tertiary/aromatic N) is 2. The summed E-state index contributed by atoms with van der Waals surface area (Å²) in [6, 6.07) is 64.9. The number of morpholine rings is 1. The summed E-state index contributed by atoms with van der Waals surface area (Å²) in [6.07, 6.45) is 1.35. The normalized spacial score (nSPS) is 15.8. The molecule has 2 aliphatic rings. The highest BCUT2D eigenvalue weighted by Gasteiger charge is 2.41. The number of amides is 2. The minimum Gasteiger partial charge on any atom is -0.455 e. The van der Waals surface area contributed by atoms with Gasteiger partial charge in [0.05, 0.1) is 17.3 Å². The molecule has 1 unspecified atom stereocenters. The minimum absolute atomic E-state index is 0.0433. The molecule has 0 bridgehead atoms. The first-order valence-corrected chi connectivity index (χ1v) is 24.8. The third kappa shape index (κ3) is 9.65. The molecule has 0 radical (unpaired) electrons. The Morgan fingerprint density at radius 1 is 0.672 bits per heavy atom. The molecule has 8 aromatic rings. The number of halogens is 2. The Labute approximate surface area is 397 Å². The van der Waals surface area contributed by atoms with Crippen LogP contribution in [0.5, 0.6) is 11.5 Å². The van der Waals surface area contributed by atoms with Crippen molar-refractivity contribution in [2.45, 2.75) is 24.8 Å². The maximum atomic E-state index is 13.6. The smallest absolute Gasteiger partial charge is 0.275 e. The van der Waals surface area contributed by atoms with E-state index >= 15 is 0 Å². The number of rotatable bonds is 10. The van der Waals surface area contributed by atoms with Crippen molar-refractivity contribution in [2.24, 2.45) is 0 Å². The number of hydrogen-bond donors (Lipinski definition) is 2. The number of fused-ring (bicyclic) bond motifs is 2. The van der Waals surface area contributed by atoms with Crippen molar-refractivity contribution in [3.8, 4) is 11.5 Å². The Morgan fingerprint density at radius 3 is 1.61 bits per heavy atom. The zero-order chi connectivity index (χ0) is 46.4. The molecule has 6 aromatic carbocycles. The Hall–Kier alpha value is -6.60. The summed E-state index contributed by atoms with van der Waals surface area (Å²) in [5.74, 6) is 1.31. The first kappa shape index (κ1) is 45.6. The van der Waals surface area contributed by atoms with Crippen LogP contribution in [0.25, 0.3) is 0 Å². The van der Waals surface area contributed by atoms with Crippen molar-refractivity contribution in [3.63, 3.8) is 0 Å². The van der Waals surface area contributed by atoms with E-state index in [0.29, 0.717) is 5.02 Å². The fraction of sp³-hybridized carbons (Fsp3) is 0.127. The number of carbonyl (C=O) groups excluding carboxylic acids is 2. The molecule has 2 amide bonds. The molecule has 8 nitrogen and oxygen atoms in total. The average molecular weight is 943 g/mol. The van der Waals surface area contributed by atoms with E-state index in [2.05, 4.69) is 192 Å². The van der Waals surface area contributed by atoms with Gasteiger partial charge in [-0.1, -0.05) is 189 Å². The topological polar surface area (TPSA) is 102 Å². The zero-order valence-corrected chi connectivity index (χ0v) is 39.3. The van der Waals surface area contributed by atoms with Crippen LogP contribution in [0, 0.1) is 0 Å². The largest absolute Gasteiger partial charge is 0.455 e. The summed E-state index contributed by atoms with van der Waals surface area (Å²) in [6.45, 7) is 3.64. The molecule has 4 heterocycles. The summed E-state index contributed by atoms with van der Waals surface area (Å²) in [4.78, 5) is 31.9. The van der Waals surface area contributed by atoms with Crippen LogP contribution >= 0.6 is 27.4 Å². The van der Waals surface area contributed by atoms with Crippen LogP contribution in [0.2, 0.25) is 5.02 Å². The van der Waals surface area contributed by atoms with E-state index in [0.717, 1.165) is 11.5 Å². The molecule has 0 aliphatic carbocycles. The predicted molar refractivity (Wildman–Crippen MR) is 271 cm³/mol. The van der Waals surface area contributed by atoms with E-state index in [9.17, 15) is 14.0 Å². The summed E-state index contributed by atoms with van der Waals surface area (Å²) in [5, 5.41) is 13.4.